The molecular formula is C11H10N2O4. The summed E-state index contributed by atoms with van der Waals surface area (Å²) in [7, 11) is 0. The Bertz CT molecular complexity index is 464. The van der Waals surface area contributed by atoms with Gasteiger partial charge in [-0.3, -0.25) is 0 Å². The van der Waals surface area contributed by atoms with Gasteiger partial charge in [-0.05, 0) is 19.1 Å². The first kappa shape index (κ1) is 12.6. The molecule has 88 valence electrons. The van der Waals surface area contributed by atoms with Crippen molar-refractivity contribution in [3.8, 4) is 5.75 Å². The average Bonchev–Trinajstić information content (AvgIpc) is 2.31. The minimum Gasteiger partial charge on any atom is -0.457 e. The molecule has 0 aromatic heterocycles. The Morgan fingerprint density at radius 1 is 1.24 bits per heavy atom. The third-order valence-electron chi connectivity index (χ3n) is 1.72. The van der Waals surface area contributed by atoms with Crippen molar-refractivity contribution in [2.24, 2.45) is 0 Å². The average molecular weight is 234 g/mol. The first-order valence-electron chi connectivity index (χ1n) is 4.85. The van der Waals surface area contributed by atoms with Crippen LogP contribution in [0.25, 0.3) is 5.53 Å². The Balaban J connectivity index is 2.76. The van der Waals surface area contributed by atoms with E-state index in [0.717, 1.165) is 0 Å². The van der Waals surface area contributed by atoms with E-state index in [-0.39, 0.29) is 12.4 Å². The fourth-order valence-corrected chi connectivity index (χ4v) is 1.01. The predicted octanol–water partition coefficient (Wildman–Crippen LogP) is 0.826. The van der Waals surface area contributed by atoms with Crippen molar-refractivity contribution in [2.45, 2.75) is 6.92 Å². The molecule has 0 saturated heterocycles. The minimum absolute atomic E-state index is 0.0659. The first-order valence-corrected chi connectivity index (χ1v) is 4.85. The monoisotopic (exact) mass is 234 g/mol. The summed E-state index contributed by atoms with van der Waals surface area (Å²) in [5, 5.41) is 0. The Morgan fingerprint density at radius 2 is 1.88 bits per heavy atom. The molecule has 0 spiro atoms. The number of rotatable bonds is 4. The number of hydrogen-bond acceptors (Lipinski definition) is 4. The number of benzene rings is 1. The summed E-state index contributed by atoms with van der Waals surface area (Å²) < 4.78 is 9.33. The van der Waals surface area contributed by atoms with Gasteiger partial charge in [-0.25, -0.2) is 9.59 Å². The zero-order chi connectivity index (χ0) is 12.7. The largest absolute Gasteiger partial charge is 0.483 e. The van der Waals surface area contributed by atoms with E-state index < -0.39 is 17.7 Å². The van der Waals surface area contributed by atoms with Crippen LogP contribution in [-0.2, 0) is 14.3 Å². The summed E-state index contributed by atoms with van der Waals surface area (Å²) in [6.07, 6.45) is 0. The van der Waals surface area contributed by atoms with Crippen LogP contribution in [0.15, 0.2) is 30.3 Å². The standard InChI is InChI=1S/C11H10N2O4/c1-2-16-10(14)9(13-12)11(15)17-8-6-4-3-5-7-8/h3-7H,2H2,1H3. The first-order chi connectivity index (χ1) is 8.19. The molecule has 0 saturated carbocycles. The lowest BCUT2D eigenvalue weighted by Gasteiger charge is -2.00. The van der Waals surface area contributed by atoms with Crippen molar-refractivity contribution in [3.63, 3.8) is 0 Å². The Kier molecular flexibility index (Phi) is 4.59. The molecule has 0 bridgehead atoms. The lowest BCUT2D eigenvalue weighted by atomic mass is 10.3. The molecule has 0 aliphatic rings. The molecule has 0 aliphatic carbocycles. The lowest BCUT2D eigenvalue weighted by molar-refractivity contribution is -0.145. The Morgan fingerprint density at radius 3 is 2.41 bits per heavy atom. The molecule has 0 fully saturated rings. The van der Waals surface area contributed by atoms with Crippen LogP contribution >= 0.6 is 0 Å². The van der Waals surface area contributed by atoms with Gasteiger partial charge in [-0.15, -0.1) is 0 Å². The van der Waals surface area contributed by atoms with Gasteiger partial charge in [-0.2, -0.15) is 4.79 Å². The Labute approximate surface area is 97.4 Å². The van der Waals surface area contributed by atoms with E-state index in [4.69, 9.17) is 10.3 Å². The number of hydrogen-bond donors (Lipinski definition) is 0. The fraction of sp³-hybridized carbons (Fsp3) is 0.182. The number of nitrogens with zero attached hydrogens (tertiary/aromatic N) is 2. The fourth-order valence-electron chi connectivity index (χ4n) is 1.01. The molecule has 0 heterocycles. The van der Waals surface area contributed by atoms with Crippen LogP contribution in [0.2, 0.25) is 0 Å². The van der Waals surface area contributed by atoms with Crippen molar-refractivity contribution >= 4 is 17.7 Å². The maximum absolute atomic E-state index is 11.4. The lowest BCUT2D eigenvalue weighted by Crippen LogP contribution is -2.31. The van der Waals surface area contributed by atoms with Gasteiger partial charge in [0.05, 0.1) is 6.61 Å². The molecule has 0 atom stereocenters. The molecule has 17 heavy (non-hydrogen) atoms. The molecule has 6 nitrogen and oxygen atoms in total. The van der Waals surface area contributed by atoms with Crippen LogP contribution in [0.5, 0.6) is 5.75 Å². The summed E-state index contributed by atoms with van der Waals surface area (Å²) in [6.45, 7) is 1.63. The highest BCUT2D eigenvalue weighted by molar-refractivity contribution is 6.60. The van der Waals surface area contributed by atoms with Gasteiger partial charge in [0.25, 0.3) is 0 Å². The van der Waals surface area contributed by atoms with Crippen molar-refractivity contribution in [3.05, 3.63) is 35.9 Å². The van der Waals surface area contributed by atoms with Crippen LogP contribution in [-0.4, -0.2) is 29.0 Å². The highest BCUT2D eigenvalue weighted by atomic mass is 16.6. The molecule has 6 heteroatoms. The number of ether oxygens (including phenoxy) is 2. The molecule has 1 aromatic rings. The van der Waals surface area contributed by atoms with E-state index in [9.17, 15) is 9.59 Å². The van der Waals surface area contributed by atoms with Gasteiger partial charge in [0.15, 0.2) is 0 Å². The third-order valence-corrected chi connectivity index (χ3v) is 1.72. The van der Waals surface area contributed by atoms with Crippen molar-refractivity contribution in [1.29, 1.82) is 0 Å². The zero-order valence-electron chi connectivity index (χ0n) is 9.12. The van der Waals surface area contributed by atoms with Crippen molar-refractivity contribution < 1.29 is 23.9 Å². The van der Waals surface area contributed by atoms with E-state index in [1.54, 1.807) is 25.1 Å². The molecule has 0 radical (unpaired) electrons. The van der Waals surface area contributed by atoms with Crippen LogP contribution in [0, 0.1) is 0 Å². The highest BCUT2D eigenvalue weighted by Crippen LogP contribution is 2.08. The van der Waals surface area contributed by atoms with E-state index in [2.05, 4.69) is 9.53 Å². The molecular weight excluding hydrogens is 224 g/mol. The van der Waals surface area contributed by atoms with Gasteiger partial charge < -0.3 is 15.0 Å². The van der Waals surface area contributed by atoms with E-state index in [1.807, 2.05) is 0 Å². The molecule has 1 rings (SSSR count). The quantitative estimate of drug-likeness (QED) is 0.193. The van der Waals surface area contributed by atoms with E-state index >= 15 is 0 Å². The number of esters is 2. The van der Waals surface area contributed by atoms with Crippen LogP contribution < -0.4 is 4.74 Å². The SMILES string of the molecule is CCOC(=O)C(=[N+]=[N-])C(=O)Oc1ccccc1. The topological polar surface area (TPSA) is 89.0 Å². The second-order valence-corrected chi connectivity index (χ2v) is 2.87. The summed E-state index contributed by atoms with van der Waals surface area (Å²) in [5.74, 6) is -1.86. The third kappa shape index (κ3) is 3.55. The van der Waals surface area contributed by atoms with E-state index in [1.165, 1.54) is 12.1 Å². The molecule has 0 aliphatic heterocycles. The van der Waals surface area contributed by atoms with Gasteiger partial charge in [0.1, 0.15) is 5.75 Å². The normalized spacial score (nSPS) is 9.00. The zero-order valence-corrected chi connectivity index (χ0v) is 9.12. The maximum atomic E-state index is 11.4. The van der Waals surface area contributed by atoms with E-state index in [0.29, 0.717) is 0 Å². The van der Waals surface area contributed by atoms with Gasteiger partial charge >= 0.3 is 17.7 Å². The van der Waals surface area contributed by atoms with Gasteiger partial charge in [-0.1, -0.05) is 18.2 Å². The number of para-hydroxylation sites is 1. The summed E-state index contributed by atoms with van der Waals surface area (Å²) in [5.41, 5.74) is 7.76. The molecule has 0 unspecified atom stereocenters. The number of carbonyl (C=O) groups is 2. The Hall–Kier alpha value is -2.46. The number of carbonyl (C=O) groups excluding carboxylic acids is 2. The van der Waals surface area contributed by atoms with Crippen molar-refractivity contribution in [1.82, 2.24) is 0 Å². The summed E-state index contributed by atoms with van der Waals surface area (Å²) >= 11 is 0. The van der Waals surface area contributed by atoms with Gasteiger partial charge in [0, 0.05) is 0 Å². The second-order valence-electron chi connectivity index (χ2n) is 2.87. The van der Waals surface area contributed by atoms with Crippen LogP contribution in [0.4, 0.5) is 0 Å². The maximum Gasteiger partial charge on any atom is 0.483 e. The molecule has 1 aromatic carbocycles. The second kappa shape index (κ2) is 6.19. The van der Waals surface area contributed by atoms with Gasteiger partial charge in [0.2, 0.25) is 0 Å². The minimum atomic E-state index is -1.07. The molecule has 0 amide bonds. The predicted molar refractivity (Wildman–Crippen MR) is 57.3 cm³/mol. The smallest absolute Gasteiger partial charge is 0.457 e. The highest BCUT2D eigenvalue weighted by Gasteiger charge is 2.33. The summed E-state index contributed by atoms with van der Waals surface area (Å²) in [4.78, 5) is 25.2. The van der Waals surface area contributed by atoms with Crippen LogP contribution in [0.3, 0.4) is 0 Å². The van der Waals surface area contributed by atoms with Crippen LogP contribution in [0.1, 0.15) is 6.92 Å². The molecule has 0 N–H and O–H groups in total. The summed E-state index contributed by atoms with van der Waals surface area (Å²) in [6, 6.07) is 8.10. The van der Waals surface area contributed by atoms with Crippen molar-refractivity contribution in [2.75, 3.05) is 6.61 Å².